The second-order valence-electron chi connectivity index (χ2n) is 12.7. The lowest BCUT2D eigenvalue weighted by atomic mass is 10.1. The van der Waals surface area contributed by atoms with Crippen LogP contribution < -0.4 is 24.7 Å². The maximum absolute atomic E-state index is 6.17. The number of hydrogen-bond donors (Lipinski definition) is 1. The fourth-order valence-corrected chi connectivity index (χ4v) is 6.36. The van der Waals surface area contributed by atoms with Gasteiger partial charge in [-0.05, 0) is 62.4 Å². The lowest BCUT2D eigenvalue weighted by Gasteiger charge is -2.26. The second-order valence-corrected chi connectivity index (χ2v) is 14.0. The molecule has 2 aliphatic heterocycles. The van der Waals surface area contributed by atoms with Gasteiger partial charge in [0.15, 0.2) is 0 Å². The standard InChI is InChI=1S/C19H21Cl2NO2.C19H23ClN2O2/c1-19(24-16-7-8-17(20)18(21)13-16)9-10-22(14-19)11-12-23-15-5-3-2-4-6-15;1-19(24-16-7-8-18(21)17(20)13-16)9-10-22(14-19)11-12-23-15-5-3-2-4-6-15/h2-8,13H,9-12,14H2,1H3;2-8,13H,9-12,14,21H2,1H3. The van der Waals surface area contributed by atoms with Gasteiger partial charge >= 0.3 is 0 Å². The van der Waals surface area contributed by atoms with Crippen LogP contribution in [0.1, 0.15) is 26.7 Å². The molecule has 2 aliphatic rings. The summed E-state index contributed by atoms with van der Waals surface area (Å²) in [5.74, 6) is 3.34. The number of nitrogen functional groups attached to an aromatic ring is 1. The first kappa shape index (κ1) is 36.0. The molecule has 2 saturated heterocycles. The average molecular weight is 713 g/mol. The largest absolute Gasteiger partial charge is 0.492 e. The Morgan fingerprint density at radius 3 is 1.50 bits per heavy atom. The molecular formula is C38H44Cl3N3O4. The first-order valence-corrected chi connectivity index (χ1v) is 17.4. The number of rotatable bonds is 12. The number of ether oxygens (including phenoxy) is 4. The van der Waals surface area contributed by atoms with Crippen LogP contribution in [0.25, 0.3) is 0 Å². The van der Waals surface area contributed by atoms with Gasteiger partial charge in [-0.25, -0.2) is 0 Å². The van der Waals surface area contributed by atoms with Crippen molar-refractivity contribution in [3.8, 4) is 23.0 Å². The molecule has 0 aliphatic carbocycles. The highest BCUT2D eigenvalue weighted by Crippen LogP contribution is 2.33. The molecule has 0 radical (unpaired) electrons. The Bertz CT molecular complexity index is 1480. The lowest BCUT2D eigenvalue weighted by Crippen LogP contribution is -2.37. The number of para-hydroxylation sites is 2. The van der Waals surface area contributed by atoms with Gasteiger partial charge in [0.2, 0.25) is 0 Å². The average Bonchev–Trinajstić information content (AvgIpc) is 3.63. The number of nitrogens with two attached hydrogens (primary N) is 1. The van der Waals surface area contributed by atoms with Gasteiger partial charge in [-0.15, -0.1) is 0 Å². The van der Waals surface area contributed by atoms with Crippen LogP contribution in [0.5, 0.6) is 23.0 Å². The van der Waals surface area contributed by atoms with Crippen molar-refractivity contribution in [2.45, 2.75) is 37.9 Å². The van der Waals surface area contributed by atoms with Gasteiger partial charge in [-0.1, -0.05) is 71.2 Å². The van der Waals surface area contributed by atoms with E-state index in [1.54, 1.807) is 24.3 Å². The molecule has 0 spiro atoms. The van der Waals surface area contributed by atoms with Gasteiger partial charge in [0.25, 0.3) is 0 Å². The Hall–Kier alpha value is -3.33. The Morgan fingerprint density at radius 2 is 1.04 bits per heavy atom. The van der Waals surface area contributed by atoms with E-state index in [4.69, 9.17) is 59.5 Å². The number of nitrogens with zero attached hydrogens (tertiary/aromatic N) is 2. The number of anilines is 1. The molecule has 2 unspecified atom stereocenters. The topological polar surface area (TPSA) is 69.4 Å². The summed E-state index contributed by atoms with van der Waals surface area (Å²) >= 11 is 18.1. The molecule has 10 heteroatoms. The van der Waals surface area contributed by atoms with E-state index in [2.05, 4.69) is 23.6 Å². The summed E-state index contributed by atoms with van der Waals surface area (Å²) in [5, 5.41) is 1.59. The first-order chi connectivity index (χ1) is 23.1. The summed E-state index contributed by atoms with van der Waals surface area (Å²) in [6.45, 7) is 11.1. The highest BCUT2D eigenvalue weighted by atomic mass is 35.5. The van der Waals surface area contributed by atoms with E-state index in [0.717, 1.165) is 75.1 Å². The zero-order valence-electron chi connectivity index (χ0n) is 27.5. The van der Waals surface area contributed by atoms with Crippen molar-refractivity contribution in [3.63, 3.8) is 0 Å². The van der Waals surface area contributed by atoms with Crippen molar-refractivity contribution < 1.29 is 18.9 Å². The molecule has 2 atom stereocenters. The fourth-order valence-electron chi connectivity index (χ4n) is 5.90. The van der Waals surface area contributed by atoms with Crippen LogP contribution in [0.2, 0.25) is 15.1 Å². The number of likely N-dealkylation sites (tertiary alicyclic amines) is 2. The maximum Gasteiger partial charge on any atom is 0.121 e. The highest BCUT2D eigenvalue weighted by molar-refractivity contribution is 6.42. The van der Waals surface area contributed by atoms with Gasteiger partial charge < -0.3 is 24.7 Å². The van der Waals surface area contributed by atoms with Crippen LogP contribution in [-0.2, 0) is 0 Å². The second kappa shape index (κ2) is 16.9. The molecule has 256 valence electrons. The SMILES string of the molecule is CC1(Oc2ccc(Cl)c(Cl)c2)CCN(CCOc2ccccc2)C1.CC1(Oc2ccc(N)c(Cl)c2)CCN(CCOc2ccccc2)C1. The molecular weight excluding hydrogens is 669 g/mol. The fraction of sp³-hybridized carbons (Fsp3) is 0.368. The van der Waals surface area contributed by atoms with Crippen molar-refractivity contribution in [2.24, 2.45) is 0 Å². The smallest absolute Gasteiger partial charge is 0.121 e. The molecule has 7 nitrogen and oxygen atoms in total. The van der Waals surface area contributed by atoms with Crippen LogP contribution in [0.15, 0.2) is 97.1 Å². The minimum atomic E-state index is -0.218. The molecule has 4 aromatic carbocycles. The Kier molecular flexibility index (Phi) is 12.6. The molecule has 2 N–H and O–H groups in total. The zero-order valence-corrected chi connectivity index (χ0v) is 29.8. The van der Waals surface area contributed by atoms with Crippen LogP contribution >= 0.6 is 34.8 Å². The van der Waals surface area contributed by atoms with Crippen LogP contribution in [-0.4, -0.2) is 73.5 Å². The third-order valence-electron chi connectivity index (χ3n) is 8.46. The van der Waals surface area contributed by atoms with E-state index in [9.17, 15) is 0 Å². The maximum atomic E-state index is 6.17. The third-order valence-corrected chi connectivity index (χ3v) is 9.53. The van der Waals surface area contributed by atoms with Gasteiger partial charge in [0.05, 0.1) is 20.8 Å². The third kappa shape index (κ3) is 10.8. The lowest BCUT2D eigenvalue weighted by molar-refractivity contribution is 0.0931. The summed E-state index contributed by atoms with van der Waals surface area (Å²) in [7, 11) is 0. The summed E-state index contributed by atoms with van der Waals surface area (Å²) in [6, 6.07) is 30.6. The summed E-state index contributed by atoms with van der Waals surface area (Å²) in [5.41, 5.74) is 5.88. The highest BCUT2D eigenvalue weighted by Gasteiger charge is 2.36. The molecule has 2 heterocycles. The van der Waals surface area contributed by atoms with Crippen molar-refractivity contribution in [3.05, 3.63) is 112 Å². The Morgan fingerprint density at radius 1 is 0.583 bits per heavy atom. The van der Waals surface area contributed by atoms with E-state index >= 15 is 0 Å². The molecule has 0 bridgehead atoms. The van der Waals surface area contributed by atoms with E-state index in [1.807, 2.05) is 72.8 Å². The van der Waals surface area contributed by atoms with Crippen molar-refractivity contribution in [1.82, 2.24) is 9.80 Å². The zero-order chi connectivity index (χ0) is 34.0. The predicted molar refractivity (Wildman–Crippen MR) is 196 cm³/mol. The van der Waals surface area contributed by atoms with Gasteiger partial charge in [0.1, 0.15) is 47.4 Å². The van der Waals surface area contributed by atoms with Crippen LogP contribution in [0, 0.1) is 0 Å². The molecule has 2 fully saturated rings. The number of halogens is 3. The van der Waals surface area contributed by atoms with Crippen LogP contribution in [0.3, 0.4) is 0 Å². The summed E-state index contributed by atoms with van der Waals surface area (Å²) in [6.07, 6.45) is 1.94. The Balaban J connectivity index is 0.000000188. The number of hydrogen-bond acceptors (Lipinski definition) is 7. The molecule has 0 aromatic heterocycles. The minimum Gasteiger partial charge on any atom is -0.492 e. The normalized spacial score (nSPS) is 20.9. The van der Waals surface area contributed by atoms with Crippen LogP contribution in [0.4, 0.5) is 5.69 Å². The monoisotopic (exact) mass is 711 g/mol. The molecule has 48 heavy (non-hydrogen) atoms. The van der Waals surface area contributed by atoms with Gasteiger partial charge in [0, 0.05) is 64.2 Å². The van der Waals surface area contributed by atoms with E-state index < -0.39 is 0 Å². The van der Waals surface area contributed by atoms with Crippen molar-refractivity contribution in [1.29, 1.82) is 0 Å². The van der Waals surface area contributed by atoms with E-state index in [-0.39, 0.29) is 11.2 Å². The quantitative estimate of drug-likeness (QED) is 0.147. The Labute approximate surface area is 299 Å². The molecule has 6 rings (SSSR count). The molecule has 0 saturated carbocycles. The van der Waals surface area contributed by atoms with Gasteiger partial charge in [-0.3, -0.25) is 9.80 Å². The van der Waals surface area contributed by atoms with Gasteiger partial charge in [-0.2, -0.15) is 0 Å². The predicted octanol–water partition coefficient (Wildman–Crippen LogP) is 8.76. The number of benzene rings is 4. The van der Waals surface area contributed by atoms with E-state index in [1.165, 1.54) is 0 Å². The van der Waals surface area contributed by atoms with E-state index in [0.29, 0.717) is 34.0 Å². The van der Waals surface area contributed by atoms with Crippen molar-refractivity contribution >= 4 is 40.5 Å². The van der Waals surface area contributed by atoms with Crippen molar-refractivity contribution in [2.75, 3.05) is 58.2 Å². The minimum absolute atomic E-state index is 0.216. The first-order valence-electron chi connectivity index (χ1n) is 16.3. The summed E-state index contributed by atoms with van der Waals surface area (Å²) in [4.78, 5) is 4.72. The molecule has 4 aromatic rings. The summed E-state index contributed by atoms with van der Waals surface area (Å²) < 4.78 is 23.9. The molecule has 0 amide bonds.